The van der Waals surface area contributed by atoms with E-state index in [4.69, 9.17) is 5.26 Å². The quantitative estimate of drug-likeness (QED) is 0.847. The van der Waals surface area contributed by atoms with Crippen molar-refractivity contribution in [1.82, 2.24) is 0 Å². The monoisotopic (exact) mass is 274 g/mol. The van der Waals surface area contributed by atoms with Crippen LogP contribution in [0.5, 0.6) is 0 Å². The molecule has 1 fully saturated rings. The van der Waals surface area contributed by atoms with E-state index in [1.807, 2.05) is 6.07 Å². The summed E-state index contributed by atoms with van der Waals surface area (Å²) in [5.41, 5.74) is 1.39. The number of halogens is 1. The van der Waals surface area contributed by atoms with Crippen LogP contribution in [-0.2, 0) is 0 Å². The third kappa shape index (κ3) is 3.50. The number of nitriles is 1. The molecular formula is C17H23FN2. The average Bonchev–Trinajstić information content (AvgIpc) is 2.27. The minimum atomic E-state index is -0.342. The van der Waals surface area contributed by atoms with Crippen LogP contribution in [0.15, 0.2) is 18.2 Å². The van der Waals surface area contributed by atoms with Gasteiger partial charge in [-0.1, -0.05) is 27.7 Å². The molecule has 0 radical (unpaired) electrons. The van der Waals surface area contributed by atoms with Gasteiger partial charge in [0.15, 0.2) is 0 Å². The highest BCUT2D eigenvalue weighted by molar-refractivity contribution is 5.49. The molecule has 1 aliphatic carbocycles. The Kier molecular flexibility index (Phi) is 3.77. The first-order chi connectivity index (χ1) is 9.21. The van der Waals surface area contributed by atoms with Crippen molar-refractivity contribution in [2.24, 2.45) is 10.8 Å². The fraction of sp³-hybridized carbons (Fsp3) is 0.588. The zero-order chi connectivity index (χ0) is 15.0. The normalized spacial score (nSPS) is 21.2. The van der Waals surface area contributed by atoms with Crippen LogP contribution in [-0.4, -0.2) is 6.04 Å². The van der Waals surface area contributed by atoms with Crippen LogP contribution in [0.2, 0.25) is 0 Å². The highest BCUT2D eigenvalue weighted by Gasteiger charge is 2.38. The summed E-state index contributed by atoms with van der Waals surface area (Å²) in [6, 6.07) is 6.85. The number of nitrogens with one attached hydrogen (secondary N) is 1. The maximum absolute atomic E-state index is 14.0. The SMILES string of the molecule is CC1(C)CC(Nc2ccc(C#N)cc2F)CC(C)(C)C1. The van der Waals surface area contributed by atoms with E-state index in [-0.39, 0.29) is 22.7 Å². The standard InChI is InChI=1S/C17H23FN2/c1-16(2)8-13(9-17(3,4)11-16)20-15-6-5-12(10-19)7-14(15)18/h5-7,13,20H,8-9,11H2,1-4H3. The van der Waals surface area contributed by atoms with Crippen molar-refractivity contribution in [3.8, 4) is 6.07 Å². The third-order valence-electron chi connectivity index (χ3n) is 4.01. The summed E-state index contributed by atoms with van der Waals surface area (Å²) in [6.45, 7) is 9.10. The lowest BCUT2D eigenvalue weighted by atomic mass is 9.63. The minimum Gasteiger partial charge on any atom is -0.380 e. The van der Waals surface area contributed by atoms with Gasteiger partial charge < -0.3 is 5.32 Å². The van der Waals surface area contributed by atoms with Crippen molar-refractivity contribution in [2.45, 2.75) is 53.0 Å². The van der Waals surface area contributed by atoms with E-state index in [0.29, 0.717) is 11.3 Å². The Morgan fingerprint density at radius 3 is 2.30 bits per heavy atom. The van der Waals surface area contributed by atoms with Crippen LogP contribution in [0.1, 0.15) is 52.5 Å². The molecule has 0 aliphatic heterocycles. The molecule has 0 amide bonds. The number of benzene rings is 1. The summed E-state index contributed by atoms with van der Waals surface area (Å²) >= 11 is 0. The topological polar surface area (TPSA) is 35.8 Å². The Balaban J connectivity index is 2.16. The summed E-state index contributed by atoms with van der Waals surface area (Å²) < 4.78 is 14.0. The Hall–Kier alpha value is -1.56. The summed E-state index contributed by atoms with van der Waals surface area (Å²) in [7, 11) is 0. The zero-order valence-corrected chi connectivity index (χ0v) is 12.8. The van der Waals surface area contributed by atoms with Gasteiger partial charge in [-0.25, -0.2) is 4.39 Å². The number of rotatable bonds is 2. The van der Waals surface area contributed by atoms with Crippen molar-refractivity contribution in [3.05, 3.63) is 29.6 Å². The van der Waals surface area contributed by atoms with Gasteiger partial charge in [0.1, 0.15) is 5.82 Å². The molecule has 0 atom stereocenters. The van der Waals surface area contributed by atoms with E-state index in [1.165, 1.54) is 12.5 Å². The van der Waals surface area contributed by atoms with Gasteiger partial charge in [-0.05, 0) is 48.3 Å². The lowest BCUT2D eigenvalue weighted by Gasteiger charge is -2.45. The summed E-state index contributed by atoms with van der Waals surface area (Å²) in [4.78, 5) is 0. The molecule has 2 rings (SSSR count). The Morgan fingerprint density at radius 2 is 1.80 bits per heavy atom. The van der Waals surface area contributed by atoms with E-state index in [2.05, 4.69) is 33.0 Å². The molecular weight excluding hydrogens is 251 g/mol. The van der Waals surface area contributed by atoms with Crippen LogP contribution in [0.3, 0.4) is 0 Å². The van der Waals surface area contributed by atoms with Gasteiger partial charge in [0, 0.05) is 6.04 Å². The molecule has 0 saturated heterocycles. The molecule has 2 nitrogen and oxygen atoms in total. The highest BCUT2D eigenvalue weighted by atomic mass is 19.1. The molecule has 1 aromatic rings. The molecule has 0 bridgehead atoms. The van der Waals surface area contributed by atoms with Crippen molar-refractivity contribution in [3.63, 3.8) is 0 Å². The minimum absolute atomic E-state index is 0.266. The molecule has 0 unspecified atom stereocenters. The molecule has 0 aromatic heterocycles. The molecule has 0 spiro atoms. The van der Waals surface area contributed by atoms with Crippen molar-refractivity contribution < 1.29 is 4.39 Å². The number of hydrogen-bond donors (Lipinski definition) is 1. The predicted molar refractivity (Wildman–Crippen MR) is 79.9 cm³/mol. The van der Waals surface area contributed by atoms with Crippen molar-refractivity contribution >= 4 is 5.69 Å². The Morgan fingerprint density at radius 1 is 1.20 bits per heavy atom. The smallest absolute Gasteiger partial charge is 0.147 e. The fourth-order valence-electron chi connectivity index (χ4n) is 3.87. The zero-order valence-electron chi connectivity index (χ0n) is 12.8. The Labute approximate surface area is 121 Å². The first-order valence-corrected chi connectivity index (χ1v) is 7.17. The fourth-order valence-corrected chi connectivity index (χ4v) is 3.87. The van der Waals surface area contributed by atoms with Gasteiger partial charge in [0.2, 0.25) is 0 Å². The summed E-state index contributed by atoms with van der Waals surface area (Å²) in [5.74, 6) is -0.342. The predicted octanol–water partition coefficient (Wildman–Crippen LogP) is 4.71. The second kappa shape index (κ2) is 5.09. The van der Waals surface area contributed by atoms with E-state index in [0.717, 1.165) is 12.8 Å². The van der Waals surface area contributed by atoms with Crippen LogP contribution in [0.25, 0.3) is 0 Å². The number of hydrogen-bond acceptors (Lipinski definition) is 2. The summed E-state index contributed by atoms with van der Waals surface area (Å²) in [5, 5.41) is 12.1. The first kappa shape index (κ1) is 14.8. The van der Waals surface area contributed by atoms with Crippen LogP contribution in [0.4, 0.5) is 10.1 Å². The average molecular weight is 274 g/mol. The van der Waals surface area contributed by atoms with Crippen LogP contribution >= 0.6 is 0 Å². The van der Waals surface area contributed by atoms with Gasteiger partial charge in [-0.2, -0.15) is 5.26 Å². The van der Waals surface area contributed by atoms with Crippen LogP contribution in [0, 0.1) is 28.0 Å². The molecule has 0 heterocycles. The van der Waals surface area contributed by atoms with Crippen molar-refractivity contribution in [1.29, 1.82) is 5.26 Å². The highest BCUT2D eigenvalue weighted by Crippen LogP contribution is 2.46. The van der Waals surface area contributed by atoms with Crippen LogP contribution < -0.4 is 5.32 Å². The van der Waals surface area contributed by atoms with E-state index in [1.54, 1.807) is 12.1 Å². The Bertz CT molecular complexity index is 524. The van der Waals surface area contributed by atoms with Gasteiger partial charge >= 0.3 is 0 Å². The maximum atomic E-state index is 14.0. The summed E-state index contributed by atoms with van der Waals surface area (Å²) in [6.07, 6.45) is 3.26. The lowest BCUT2D eigenvalue weighted by molar-refractivity contribution is 0.105. The molecule has 3 heteroatoms. The first-order valence-electron chi connectivity index (χ1n) is 7.17. The largest absolute Gasteiger partial charge is 0.380 e. The van der Waals surface area contributed by atoms with E-state index < -0.39 is 0 Å². The molecule has 20 heavy (non-hydrogen) atoms. The molecule has 108 valence electrons. The van der Waals surface area contributed by atoms with Gasteiger partial charge in [0.25, 0.3) is 0 Å². The van der Waals surface area contributed by atoms with Gasteiger partial charge in [-0.3, -0.25) is 0 Å². The number of anilines is 1. The number of nitrogens with zero attached hydrogens (tertiary/aromatic N) is 1. The van der Waals surface area contributed by atoms with E-state index in [9.17, 15) is 4.39 Å². The maximum Gasteiger partial charge on any atom is 0.147 e. The second-order valence-corrected chi connectivity index (χ2v) is 7.56. The van der Waals surface area contributed by atoms with E-state index >= 15 is 0 Å². The lowest BCUT2D eigenvalue weighted by Crippen LogP contribution is -2.40. The second-order valence-electron chi connectivity index (χ2n) is 7.56. The van der Waals surface area contributed by atoms with Crippen molar-refractivity contribution in [2.75, 3.05) is 5.32 Å². The molecule has 1 aromatic carbocycles. The van der Waals surface area contributed by atoms with Gasteiger partial charge in [-0.15, -0.1) is 0 Å². The molecule has 1 saturated carbocycles. The van der Waals surface area contributed by atoms with Gasteiger partial charge in [0.05, 0.1) is 17.3 Å². The molecule has 1 aliphatic rings. The third-order valence-corrected chi connectivity index (χ3v) is 4.01. The molecule has 1 N–H and O–H groups in total.